The fraction of sp³-hybridized carbons (Fsp3) is 0.833. The molecule has 0 aromatic carbocycles. The number of ether oxygens (including phenoxy) is 1. The minimum absolute atomic E-state index is 0.00947. The van der Waals surface area contributed by atoms with E-state index in [9.17, 15) is 9.59 Å². The fourth-order valence-electron chi connectivity index (χ4n) is 2.37. The summed E-state index contributed by atoms with van der Waals surface area (Å²) in [4.78, 5) is 24.4. The number of rotatable bonds is 4. The molecule has 2 unspecified atom stereocenters. The predicted octanol–water partition coefficient (Wildman–Crippen LogP) is 0.396. The molecule has 1 aliphatic heterocycles. The summed E-state index contributed by atoms with van der Waals surface area (Å²) in [6.45, 7) is 5.60. The Balaban J connectivity index is 2.53. The van der Waals surface area contributed by atoms with Crippen LogP contribution in [0.25, 0.3) is 0 Å². The maximum atomic E-state index is 11.3. The first kappa shape index (κ1) is 14.0. The molecule has 1 N–H and O–H groups in total. The van der Waals surface area contributed by atoms with E-state index in [0.717, 1.165) is 25.9 Å². The molecule has 17 heavy (non-hydrogen) atoms. The molecule has 1 heterocycles. The molecule has 1 rings (SSSR count). The lowest BCUT2D eigenvalue weighted by molar-refractivity contribution is -0.142. The van der Waals surface area contributed by atoms with Crippen LogP contribution in [0.1, 0.15) is 26.7 Å². The molecule has 1 aliphatic rings. The van der Waals surface area contributed by atoms with Crippen LogP contribution in [0.3, 0.4) is 0 Å². The van der Waals surface area contributed by atoms with E-state index in [4.69, 9.17) is 0 Å². The quantitative estimate of drug-likeness (QED) is 0.725. The minimum Gasteiger partial charge on any atom is -0.468 e. The summed E-state index contributed by atoms with van der Waals surface area (Å²) in [5, 5.41) is 2.93. The van der Waals surface area contributed by atoms with E-state index >= 15 is 0 Å². The van der Waals surface area contributed by atoms with Gasteiger partial charge in [0.25, 0.3) is 0 Å². The second kappa shape index (κ2) is 6.59. The number of methoxy groups -OCH3 is 1. The van der Waals surface area contributed by atoms with Gasteiger partial charge < -0.3 is 10.1 Å². The zero-order valence-corrected chi connectivity index (χ0v) is 10.9. The van der Waals surface area contributed by atoms with Crippen LogP contribution in [0, 0.1) is 5.92 Å². The van der Waals surface area contributed by atoms with Gasteiger partial charge in [-0.2, -0.15) is 0 Å². The van der Waals surface area contributed by atoms with Crippen molar-refractivity contribution in [1.82, 2.24) is 10.2 Å². The van der Waals surface area contributed by atoms with Crippen LogP contribution in [-0.2, 0) is 14.3 Å². The Labute approximate surface area is 102 Å². The van der Waals surface area contributed by atoms with Gasteiger partial charge in [0.1, 0.15) is 0 Å². The summed E-state index contributed by atoms with van der Waals surface area (Å²) in [5.41, 5.74) is 0. The molecule has 0 saturated carbocycles. The van der Waals surface area contributed by atoms with Crippen molar-refractivity contribution in [1.29, 1.82) is 0 Å². The van der Waals surface area contributed by atoms with Crippen molar-refractivity contribution < 1.29 is 14.3 Å². The van der Waals surface area contributed by atoms with Crippen LogP contribution in [0.15, 0.2) is 0 Å². The van der Waals surface area contributed by atoms with Crippen LogP contribution in [0.4, 0.5) is 0 Å². The molecule has 5 heteroatoms. The molecule has 1 saturated heterocycles. The first-order chi connectivity index (χ1) is 8.05. The number of nitrogens with one attached hydrogen (secondary N) is 1. The number of carbonyl (C=O) groups excluding carboxylic acids is 2. The highest BCUT2D eigenvalue weighted by molar-refractivity contribution is 5.73. The molecule has 0 aliphatic carbocycles. The van der Waals surface area contributed by atoms with E-state index in [2.05, 4.69) is 21.9 Å². The number of amides is 1. The van der Waals surface area contributed by atoms with Crippen molar-refractivity contribution in [3.8, 4) is 0 Å². The largest absolute Gasteiger partial charge is 0.468 e. The first-order valence-electron chi connectivity index (χ1n) is 6.11. The van der Waals surface area contributed by atoms with Crippen LogP contribution < -0.4 is 5.32 Å². The van der Waals surface area contributed by atoms with Crippen molar-refractivity contribution >= 4 is 11.9 Å². The molecule has 0 spiro atoms. The Morgan fingerprint density at radius 3 is 2.65 bits per heavy atom. The third kappa shape index (κ3) is 4.73. The second-order valence-corrected chi connectivity index (χ2v) is 4.68. The Hall–Kier alpha value is -1.10. The van der Waals surface area contributed by atoms with Gasteiger partial charge in [0.15, 0.2) is 0 Å². The maximum Gasteiger partial charge on any atom is 0.319 e. The molecular weight excluding hydrogens is 220 g/mol. The van der Waals surface area contributed by atoms with E-state index in [1.807, 2.05) is 0 Å². The Morgan fingerprint density at radius 1 is 1.41 bits per heavy atom. The third-order valence-corrected chi connectivity index (χ3v) is 3.18. The first-order valence-corrected chi connectivity index (χ1v) is 6.11. The standard InChI is InChI=1S/C12H22N2O3/c1-4-10-5-11(13-9(2)15)7-14(6-10)8-12(16)17-3/h10-11H,4-8H2,1-3H3,(H,13,15). The van der Waals surface area contributed by atoms with Gasteiger partial charge in [0.05, 0.1) is 13.7 Å². The lowest BCUT2D eigenvalue weighted by Gasteiger charge is -2.37. The number of hydrogen-bond donors (Lipinski definition) is 1. The van der Waals surface area contributed by atoms with Crippen molar-refractivity contribution in [2.45, 2.75) is 32.7 Å². The van der Waals surface area contributed by atoms with Gasteiger partial charge in [-0.3, -0.25) is 14.5 Å². The number of likely N-dealkylation sites (tertiary alicyclic amines) is 1. The molecule has 0 bridgehead atoms. The molecule has 1 fully saturated rings. The number of hydrogen-bond acceptors (Lipinski definition) is 4. The van der Waals surface area contributed by atoms with Gasteiger partial charge >= 0.3 is 5.97 Å². The van der Waals surface area contributed by atoms with Gasteiger partial charge in [0.2, 0.25) is 5.91 Å². The molecule has 0 radical (unpaired) electrons. The molecule has 2 atom stereocenters. The van der Waals surface area contributed by atoms with Crippen molar-refractivity contribution in [3.05, 3.63) is 0 Å². The Bertz CT molecular complexity index is 281. The normalized spacial score (nSPS) is 25.4. The summed E-state index contributed by atoms with van der Waals surface area (Å²) in [5.74, 6) is 0.304. The van der Waals surface area contributed by atoms with Crippen LogP contribution in [0.5, 0.6) is 0 Å². The zero-order valence-electron chi connectivity index (χ0n) is 10.9. The van der Waals surface area contributed by atoms with E-state index < -0.39 is 0 Å². The van der Waals surface area contributed by atoms with E-state index in [1.165, 1.54) is 14.0 Å². The monoisotopic (exact) mass is 242 g/mol. The molecule has 5 nitrogen and oxygen atoms in total. The predicted molar refractivity (Wildman–Crippen MR) is 64.5 cm³/mol. The Morgan fingerprint density at radius 2 is 2.12 bits per heavy atom. The Kier molecular flexibility index (Phi) is 5.41. The highest BCUT2D eigenvalue weighted by Crippen LogP contribution is 2.19. The fourth-order valence-corrected chi connectivity index (χ4v) is 2.37. The van der Waals surface area contributed by atoms with Gasteiger partial charge in [-0.15, -0.1) is 0 Å². The molecule has 0 aromatic rings. The van der Waals surface area contributed by atoms with E-state index in [1.54, 1.807) is 0 Å². The summed E-state index contributed by atoms with van der Waals surface area (Å²) in [7, 11) is 1.40. The average Bonchev–Trinajstić information content (AvgIpc) is 2.27. The molecule has 1 amide bonds. The van der Waals surface area contributed by atoms with Crippen LogP contribution in [-0.4, -0.2) is 49.6 Å². The van der Waals surface area contributed by atoms with Gasteiger partial charge in [0, 0.05) is 26.1 Å². The summed E-state index contributed by atoms with van der Waals surface area (Å²) >= 11 is 0. The molecule has 0 aromatic heterocycles. The second-order valence-electron chi connectivity index (χ2n) is 4.68. The average molecular weight is 242 g/mol. The summed E-state index contributed by atoms with van der Waals surface area (Å²) in [6, 6.07) is 0.149. The van der Waals surface area contributed by atoms with Crippen molar-refractivity contribution in [2.24, 2.45) is 5.92 Å². The smallest absolute Gasteiger partial charge is 0.319 e. The molecule has 98 valence electrons. The van der Waals surface area contributed by atoms with Crippen molar-refractivity contribution in [3.63, 3.8) is 0 Å². The van der Waals surface area contributed by atoms with E-state index in [-0.39, 0.29) is 17.9 Å². The highest BCUT2D eigenvalue weighted by atomic mass is 16.5. The van der Waals surface area contributed by atoms with Gasteiger partial charge in [-0.05, 0) is 12.3 Å². The third-order valence-electron chi connectivity index (χ3n) is 3.18. The number of esters is 1. The maximum absolute atomic E-state index is 11.3. The lowest BCUT2D eigenvalue weighted by atomic mass is 9.92. The molecular formula is C12H22N2O3. The number of nitrogens with zero attached hydrogens (tertiary/aromatic N) is 1. The zero-order chi connectivity index (χ0) is 12.8. The summed E-state index contributed by atoms with van der Waals surface area (Å²) < 4.78 is 4.67. The summed E-state index contributed by atoms with van der Waals surface area (Å²) in [6.07, 6.45) is 2.06. The highest BCUT2D eigenvalue weighted by Gasteiger charge is 2.27. The van der Waals surface area contributed by atoms with Crippen LogP contribution >= 0.6 is 0 Å². The van der Waals surface area contributed by atoms with E-state index in [0.29, 0.717) is 12.5 Å². The topological polar surface area (TPSA) is 58.6 Å². The minimum atomic E-state index is -0.219. The SMILES string of the molecule is CCC1CC(NC(C)=O)CN(CC(=O)OC)C1. The lowest BCUT2D eigenvalue weighted by Crippen LogP contribution is -2.51. The van der Waals surface area contributed by atoms with Gasteiger partial charge in [-0.1, -0.05) is 13.3 Å². The van der Waals surface area contributed by atoms with Crippen LogP contribution in [0.2, 0.25) is 0 Å². The van der Waals surface area contributed by atoms with Gasteiger partial charge in [-0.25, -0.2) is 0 Å². The number of piperidine rings is 1. The van der Waals surface area contributed by atoms with Crippen molar-refractivity contribution in [2.75, 3.05) is 26.7 Å². The number of carbonyl (C=O) groups is 2.